The van der Waals surface area contributed by atoms with E-state index in [1.807, 2.05) is 12.4 Å². The van der Waals surface area contributed by atoms with Crippen molar-refractivity contribution in [3.63, 3.8) is 0 Å². The smallest absolute Gasteiger partial charge is 0.138 e. The second kappa shape index (κ2) is 11.8. The average Bonchev–Trinajstić information content (AvgIpc) is 3.21. The minimum absolute atomic E-state index is 0. The summed E-state index contributed by atoms with van der Waals surface area (Å²) >= 11 is 25.1. The van der Waals surface area contributed by atoms with Crippen molar-refractivity contribution in [3.05, 3.63) is 62.5 Å². The summed E-state index contributed by atoms with van der Waals surface area (Å²) < 4.78 is 1.49. The van der Waals surface area contributed by atoms with E-state index < -0.39 is 0 Å². The number of benzene rings is 1. The van der Waals surface area contributed by atoms with Gasteiger partial charge in [0.25, 0.3) is 0 Å². The molecule has 0 N–H and O–H groups in total. The Morgan fingerprint density at radius 1 is 1.31 bits per heavy atom. The predicted octanol–water partition coefficient (Wildman–Crippen LogP) is 6.43. The minimum atomic E-state index is 0. The third-order valence-corrected chi connectivity index (χ3v) is 5.07. The molecular weight excluding hydrogens is 458 g/mol. The third kappa shape index (κ3) is 7.06. The van der Waals surface area contributed by atoms with Crippen molar-refractivity contribution in [1.29, 1.82) is 0 Å². The Bertz CT molecular complexity index is 833. The van der Waals surface area contributed by atoms with E-state index in [4.69, 9.17) is 46.4 Å². The number of hydrogen-bond acceptors (Lipinski definition) is 4. The molecule has 2 heterocycles. The Balaban J connectivity index is 0.000000290. The van der Waals surface area contributed by atoms with Crippen LogP contribution in [0.1, 0.15) is 16.1 Å². The number of rotatable bonds is 4. The van der Waals surface area contributed by atoms with Crippen molar-refractivity contribution in [3.8, 4) is 0 Å². The zero-order chi connectivity index (χ0) is 18.2. The molecule has 0 aliphatic rings. The van der Waals surface area contributed by atoms with E-state index in [9.17, 15) is 0 Å². The fourth-order valence-corrected chi connectivity index (χ4v) is 3.71. The van der Waals surface area contributed by atoms with Gasteiger partial charge in [0.2, 0.25) is 0 Å². The van der Waals surface area contributed by atoms with Crippen LogP contribution >= 0.6 is 70.1 Å². The first-order valence-electron chi connectivity index (χ1n) is 7.13. The normalized spacial score (nSPS) is 10.7. The van der Waals surface area contributed by atoms with Crippen LogP contribution in [0.15, 0.2) is 36.4 Å². The molecule has 2 aromatic heterocycles. The van der Waals surface area contributed by atoms with Crippen LogP contribution in [0.5, 0.6) is 0 Å². The summed E-state index contributed by atoms with van der Waals surface area (Å²) in [6.07, 6.45) is 5.53. The second-order valence-corrected chi connectivity index (χ2v) is 7.34. The predicted molar refractivity (Wildman–Crippen MR) is 115 cm³/mol. The number of nitrogens with zero attached hydrogens (tertiary/aromatic N) is 4. The van der Waals surface area contributed by atoms with Crippen LogP contribution < -0.4 is 0 Å². The molecule has 0 unspecified atom stereocenters. The molecule has 0 amide bonds. The molecular formula is C16H15Cl5N4S. The summed E-state index contributed by atoms with van der Waals surface area (Å²) in [4.78, 5) is 9.21. The molecule has 3 aromatic rings. The highest BCUT2D eigenvalue weighted by atomic mass is 35.5. The Morgan fingerprint density at radius 3 is 2.62 bits per heavy atom. The number of aromatic nitrogens is 4. The molecule has 0 aliphatic heterocycles. The Labute approximate surface area is 182 Å². The van der Waals surface area contributed by atoms with E-state index in [0.29, 0.717) is 26.5 Å². The van der Waals surface area contributed by atoms with Crippen molar-refractivity contribution in [2.75, 3.05) is 5.88 Å². The highest BCUT2D eigenvalue weighted by molar-refractivity contribution is 7.09. The van der Waals surface area contributed by atoms with Crippen LogP contribution in [0.3, 0.4) is 0 Å². The first-order chi connectivity index (χ1) is 12.0. The summed E-state index contributed by atoms with van der Waals surface area (Å²) in [7, 11) is 0. The van der Waals surface area contributed by atoms with Gasteiger partial charge in [0.05, 0.1) is 21.3 Å². The van der Waals surface area contributed by atoms with E-state index in [0.717, 1.165) is 12.1 Å². The summed E-state index contributed by atoms with van der Waals surface area (Å²) in [6.45, 7) is 2.01. The molecule has 10 heteroatoms. The lowest BCUT2D eigenvalue weighted by Gasteiger charge is -2.03. The molecule has 0 bridgehead atoms. The zero-order valence-electron chi connectivity index (χ0n) is 13.6. The van der Waals surface area contributed by atoms with Gasteiger partial charge < -0.3 is 0 Å². The zero-order valence-corrected chi connectivity index (χ0v) is 18.2. The number of thiazole rings is 1. The molecule has 0 spiro atoms. The highest BCUT2D eigenvalue weighted by Gasteiger charge is 2.05. The lowest BCUT2D eigenvalue weighted by molar-refractivity contribution is 0.936. The summed E-state index contributed by atoms with van der Waals surface area (Å²) in [5.74, 6) is 0.697. The first kappa shape index (κ1) is 23.2. The highest BCUT2D eigenvalue weighted by Crippen LogP contribution is 2.29. The molecule has 4 nitrogen and oxygen atoms in total. The Morgan fingerprint density at radius 2 is 2.08 bits per heavy atom. The molecule has 0 saturated carbocycles. The van der Waals surface area contributed by atoms with E-state index >= 15 is 0 Å². The number of halogens is 5. The van der Waals surface area contributed by atoms with Gasteiger partial charge in [-0.25, -0.2) is 14.6 Å². The lowest BCUT2D eigenvalue weighted by atomic mass is 10.2. The number of alkyl halides is 1. The molecule has 140 valence electrons. The Kier molecular flexibility index (Phi) is 10.5. The maximum Gasteiger partial charge on any atom is 0.138 e. The molecule has 26 heavy (non-hydrogen) atoms. The standard InChI is InChI=1S/C10H6Cl3N3.C6H8ClNS.ClH/c11-7-1-2-8(9(12)3-7)10(13)4-16-6-14-5-15-16;1-5-6(2-3-7)9-4-8-5;/h1-6H;4H,2-3H2,1H3;1H/b10-4-;;. The summed E-state index contributed by atoms with van der Waals surface area (Å²) in [6, 6.07) is 5.11. The van der Waals surface area contributed by atoms with Crippen LogP contribution in [0.2, 0.25) is 10.0 Å². The quantitative estimate of drug-likeness (QED) is 0.411. The van der Waals surface area contributed by atoms with Gasteiger partial charge in [0.1, 0.15) is 12.7 Å². The topological polar surface area (TPSA) is 43.6 Å². The monoisotopic (exact) mass is 470 g/mol. The second-order valence-electron chi connectivity index (χ2n) is 4.78. The van der Waals surface area contributed by atoms with Crippen LogP contribution in [-0.2, 0) is 6.42 Å². The van der Waals surface area contributed by atoms with Gasteiger partial charge in [-0.15, -0.1) is 35.3 Å². The third-order valence-electron chi connectivity index (χ3n) is 3.04. The van der Waals surface area contributed by atoms with Gasteiger partial charge in [-0.2, -0.15) is 5.10 Å². The molecule has 0 fully saturated rings. The van der Waals surface area contributed by atoms with E-state index in [1.165, 1.54) is 22.2 Å². The summed E-state index contributed by atoms with van der Waals surface area (Å²) in [5.41, 5.74) is 3.68. The van der Waals surface area contributed by atoms with Crippen LogP contribution in [0.25, 0.3) is 11.2 Å². The largest absolute Gasteiger partial charge is 0.250 e. The van der Waals surface area contributed by atoms with Crippen molar-refractivity contribution in [2.45, 2.75) is 13.3 Å². The molecule has 0 aliphatic carbocycles. The molecule has 3 rings (SSSR count). The molecule has 0 atom stereocenters. The van der Waals surface area contributed by atoms with Gasteiger partial charge in [-0.3, -0.25) is 0 Å². The Hall–Kier alpha value is -0.820. The van der Waals surface area contributed by atoms with E-state index in [-0.39, 0.29) is 12.4 Å². The van der Waals surface area contributed by atoms with Gasteiger partial charge in [0, 0.05) is 27.5 Å². The fraction of sp³-hybridized carbons (Fsp3) is 0.188. The minimum Gasteiger partial charge on any atom is -0.250 e. The fourth-order valence-electron chi connectivity index (χ4n) is 1.80. The van der Waals surface area contributed by atoms with Crippen LogP contribution in [0.4, 0.5) is 0 Å². The molecule has 0 saturated heterocycles. The van der Waals surface area contributed by atoms with Crippen molar-refractivity contribution < 1.29 is 0 Å². The van der Waals surface area contributed by atoms with Gasteiger partial charge >= 0.3 is 0 Å². The van der Waals surface area contributed by atoms with Crippen molar-refractivity contribution in [2.24, 2.45) is 0 Å². The summed E-state index contributed by atoms with van der Waals surface area (Å²) in [5, 5.41) is 5.43. The molecule has 1 aromatic carbocycles. The molecule has 0 radical (unpaired) electrons. The average molecular weight is 473 g/mol. The number of hydrogen-bond donors (Lipinski definition) is 0. The van der Waals surface area contributed by atoms with Crippen LogP contribution in [-0.4, -0.2) is 25.6 Å². The van der Waals surface area contributed by atoms with Crippen LogP contribution in [0, 0.1) is 6.92 Å². The maximum atomic E-state index is 6.10. The first-order valence-corrected chi connectivity index (χ1v) is 9.68. The lowest BCUT2D eigenvalue weighted by Crippen LogP contribution is -1.88. The van der Waals surface area contributed by atoms with Gasteiger partial charge in [-0.1, -0.05) is 40.9 Å². The number of aryl methyl sites for hydroxylation is 2. The SMILES string of the molecule is Cc1ncsc1CCCl.Cl.Cl/C(=C\n1cncn1)c1ccc(Cl)cc1Cl. The van der Waals surface area contributed by atoms with Gasteiger partial charge in [0.15, 0.2) is 0 Å². The van der Waals surface area contributed by atoms with E-state index in [2.05, 4.69) is 15.1 Å². The van der Waals surface area contributed by atoms with Gasteiger partial charge in [-0.05, 0) is 25.5 Å². The maximum absolute atomic E-state index is 6.10. The van der Waals surface area contributed by atoms with Crippen molar-refractivity contribution in [1.82, 2.24) is 19.7 Å². The van der Waals surface area contributed by atoms with Crippen molar-refractivity contribution >= 4 is 81.4 Å². The van der Waals surface area contributed by atoms with E-state index in [1.54, 1.807) is 35.7 Å².